The molecule has 8 aromatic rings. The molecule has 0 saturated carbocycles. The molecule has 3 aliphatic rings. The molecule has 8 aromatic carbocycles. The number of fused-ring (bicyclic) bond motifs is 5. The Morgan fingerprint density at radius 3 is 1.27 bits per heavy atom. The minimum atomic E-state index is -0.0825. The van der Waals surface area contributed by atoms with Crippen molar-refractivity contribution in [1.29, 1.82) is 0 Å². The van der Waals surface area contributed by atoms with Crippen LogP contribution in [0.3, 0.4) is 0 Å². The summed E-state index contributed by atoms with van der Waals surface area (Å²) < 4.78 is 0. The topological polar surface area (TPSA) is 0 Å². The Morgan fingerprint density at radius 2 is 0.733 bits per heavy atom. The van der Waals surface area contributed by atoms with E-state index in [9.17, 15) is 0 Å². The van der Waals surface area contributed by atoms with Crippen LogP contribution in [0.1, 0.15) is 67.9 Å². The van der Waals surface area contributed by atoms with Gasteiger partial charge in [0.15, 0.2) is 0 Å². The van der Waals surface area contributed by atoms with Gasteiger partial charge in [-0.1, -0.05) is 209 Å². The van der Waals surface area contributed by atoms with Crippen LogP contribution in [-0.4, -0.2) is 0 Å². The number of hydrogen-bond acceptors (Lipinski definition) is 0. The first-order chi connectivity index (χ1) is 29.2. The lowest BCUT2D eigenvalue weighted by molar-refractivity contribution is 0.591. The molecule has 0 spiro atoms. The van der Waals surface area contributed by atoms with Crippen molar-refractivity contribution < 1.29 is 0 Å². The maximum atomic E-state index is 2.49. The second-order valence-corrected chi connectivity index (χ2v) is 18.1. The second kappa shape index (κ2) is 13.9. The summed E-state index contributed by atoms with van der Waals surface area (Å²) in [7, 11) is 0. The quantitative estimate of drug-likeness (QED) is 0.158. The number of hydrogen-bond donors (Lipinski definition) is 0. The van der Waals surface area contributed by atoms with Crippen LogP contribution >= 0.6 is 0 Å². The van der Waals surface area contributed by atoms with E-state index in [-0.39, 0.29) is 10.8 Å². The minimum absolute atomic E-state index is 0.0495. The fraction of sp³-hybridized carbons (Fsp3) is 0.133. The first-order valence-electron chi connectivity index (χ1n) is 21.5. The zero-order valence-corrected chi connectivity index (χ0v) is 34.8. The number of benzene rings is 8. The van der Waals surface area contributed by atoms with Crippen LogP contribution in [0.15, 0.2) is 206 Å². The Labute approximate surface area is 355 Å². The fourth-order valence-corrected chi connectivity index (χ4v) is 10.4. The third kappa shape index (κ3) is 5.97. The largest absolute Gasteiger partial charge is 0.0761 e. The van der Waals surface area contributed by atoms with E-state index in [1.54, 1.807) is 5.57 Å². The summed E-state index contributed by atoms with van der Waals surface area (Å²) in [5.41, 5.74) is 25.2. The van der Waals surface area contributed by atoms with Crippen molar-refractivity contribution in [2.24, 2.45) is 0 Å². The zero-order valence-electron chi connectivity index (χ0n) is 34.8. The van der Waals surface area contributed by atoms with Crippen molar-refractivity contribution in [3.8, 4) is 66.8 Å². The van der Waals surface area contributed by atoms with Crippen LogP contribution in [0, 0.1) is 0 Å². The molecule has 1 atom stereocenters. The average Bonchev–Trinajstić information content (AvgIpc) is 3.67. The molecule has 0 heteroatoms. The van der Waals surface area contributed by atoms with Crippen molar-refractivity contribution in [3.63, 3.8) is 0 Å². The summed E-state index contributed by atoms with van der Waals surface area (Å²) in [5.74, 6) is 0.355. The van der Waals surface area contributed by atoms with E-state index >= 15 is 0 Å². The molecule has 3 aliphatic carbocycles. The first-order valence-corrected chi connectivity index (χ1v) is 21.5. The molecule has 0 radical (unpaired) electrons. The third-order valence-electron chi connectivity index (χ3n) is 14.0. The fourth-order valence-electron chi connectivity index (χ4n) is 10.4. The normalized spacial score (nSPS) is 16.6. The van der Waals surface area contributed by atoms with Crippen molar-refractivity contribution >= 4 is 5.57 Å². The van der Waals surface area contributed by atoms with E-state index in [1.165, 1.54) is 100 Å². The highest BCUT2D eigenvalue weighted by Gasteiger charge is 2.40. The molecule has 0 amide bonds. The highest BCUT2D eigenvalue weighted by molar-refractivity contribution is 5.90. The van der Waals surface area contributed by atoms with Crippen molar-refractivity contribution in [1.82, 2.24) is 0 Å². The smallest absolute Gasteiger partial charge is 0.0159 e. The van der Waals surface area contributed by atoms with Gasteiger partial charge in [-0.05, 0) is 131 Å². The SMILES string of the molecule is CC1(C)C2=C(C=CC(c3ccc(-c4ccc(-c5cccc(-c6ccccc6)c5)cc4)cc3)C2)c2ccc(-c3ccc4c(c3)C(C)(C)c3cc(-c5ccccc5)ccc3-4)cc21. The average molecular weight is 769 g/mol. The van der Waals surface area contributed by atoms with E-state index in [4.69, 9.17) is 0 Å². The van der Waals surface area contributed by atoms with Crippen molar-refractivity contribution in [2.75, 3.05) is 0 Å². The lowest BCUT2D eigenvalue weighted by Gasteiger charge is -2.29. The van der Waals surface area contributed by atoms with Crippen molar-refractivity contribution in [2.45, 2.75) is 50.9 Å². The predicted octanol–water partition coefficient (Wildman–Crippen LogP) is 16.1. The third-order valence-corrected chi connectivity index (χ3v) is 14.0. The highest BCUT2D eigenvalue weighted by Crippen LogP contribution is 2.54. The second-order valence-electron chi connectivity index (χ2n) is 18.1. The van der Waals surface area contributed by atoms with E-state index < -0.39 is 0 Å². The summed E-state index contributed by atoms with van der Waals surface area (Å²) in [6.45, 7) is 9.65. The van der Waals surface area contributed by atoms with Crippen molar-refractivity contribution in [3.05, 3.63) is 234 Å². The molecule has 1 unspecified atom stereocenters. The molecule has 0 aliphatic heterocycles. The lowest BCUT2D eigenvalue weighted by Crippen LogP contribution is -2.19. The molecule has 288 valence electrons. The Bertz CT molecular complexity index is 3010. The van der Waals surface area contributed by atoms with Gasteiger partial charge in [-0.3, -0.25) is 0 Å². The Kier molecular flexibility index (Phi) is 8.43. The molecular weight excluding hydrogens is 721 g/mol. The first kappa shape index (κ1) is 36.3. The van der Waals surface area contributed by atoms with Crippen LogP contribution in [0.5, 0.6) is 0 Å². The van der Waals surface area contributed by atoms with Gasteiger partial charge in [0.1, 0.15) is 0 Å². The van der Waals surface area contributed by atoms with E-state index in [2.05, 4.69) is 228 Å². The summed E-state index contributed by atoms with van der Waals surface area (Å²) in [4.78, 5) is 0. The molecule has 0 fully saturated rings. The van der Waals surface area contributed by atoms with E-state index in [1.807, 2.05) is 0 Å². The molecule has 60 heavy (non-hydrogen) atoms. The Balaban J connectivity index is 0.811. The molecular formula is C60H48. The maximum Gasteiger partial charge on any atom is 0.0159 e. The lowest BCUT2D eigenvalue weighted by atomic mass is 9.74. The van der Waals surface area contributed by atoms with Crippen LogP contribution in [0.4, 0.5) is 0 Å². The predicted molar refractivity (Wildman–Crippen MR) is 254 cm³/mol. The van der Waals surface area contributed by atoms with Gasteiger partial charge >= 0.3 is 0 Å². The zero-order chi connectivity index (χ0) is 40.6. The minimum Gasteiger partial charge on any atom is -0.0761 e. The van der Waals surface area contributed by atoms with E-state index in [0.29, 0.717) is 5.92 Å². The van der Waals surface area contributed by atoms with Gasteiger partial charge in [0.05, 0.1) is 0 Å². The number of rotatable bonds is 6. The molecule has 0 heterocycles. The Morgan fingerprint density at radius 1 is 0.350 bits per heavy atom. The van der Waals surface area contributed by atoms with Crippen LogP contribution in [-0.2, 0) is 10.8 Å². The van der Waals surface area contributed by atoms with Gasteiger partial charge in [0, 0.05) is 16.7 Å². The number of allylic oxidation sites excluding steroid dienone is 4. The van der Waals surface area contributed by atoms with Crippen LogP contribution < -0.4 is 0 Å². The summed E-state index contributed by atoms with van der Waals surface area (Å²) in [6.07, 6.45) is 5.89. The van der Waals surface area contributed by atoms with Gasteiger partial charge in [-0.25, -0.2) is 0 Å². The van der Waals surface area contributed by atoms with Gasteiger partial charge in [0.25, 0.3) is 0 Å². The monoisotopic (exact) mass is 768 g/mol. The standard InChI is InChI=1S/C60H48/c1-59(2)55-35-47(40-14-9-6-10-15-40)26-30-51(55)53-32-28-49(37-57(53)59)50-29-33-54-52-31-27-48(36-56(52)60(3,4)58(54)38-50)44-24-20-42(21-25-44)41-18-22-43(23-19-41)46-17-11-16-45(34-46)39-12-7-5-8-13-39/h5-35,37-38,48H,36H2,1-4H3. The molecule has 0 aromatic heterocycles. The molecule has 0 N–H and O–H groups in total. The summed E-state index contributed by atoms with van der Waals surface area (Å²) in [5, 5.41) is 0. The van der Waals surface area contributed by atoms with Gasteiger partial charge < -0.3 is 0 Å². The Hall–Kier alpha value is -6.76. The van der Waals surface area contributed by atoms with Gasteiger partial charge in [-0.15, -0.1) is 0 Å². The maximum absolute atomic E-state index is 2.49. The summed E-state index contributed by atoms with van der Waals surface area (Å²) >= 11 is 0. The molecule has 0 bridgehead atoms. The molecule has 0 saturated heterocycles. The van der Waals surface area contributed by atoms with Gasteiger partial charge in [-0.2, -0.15) is 0 Å². The summed E-state index contributed by atoms with van der Waals surface area (Å²) in [6, 6.07) is 69.9. The van der Waals surface area contributed by atoms with Crippen LogP contribution in [0.2, 0.25) is 0 Å². The van der Waals surface area contributed by atoms with Crippen LogP contribution in [0.25, 0.3) is 72.3 Å². The highest BCUT2D eigenvalue weighted by atomic mass is 14.4. The van der Waals surface area contributed by atoms with Gasteiger partial charge in [0.2, 0.25) is 0 Å². The molecule has 11 rings (SSSR count). The van der Waals surface area contributed by atoms with E-state index in [0.717, 1.165) is 6.42 Å². The molecule has 0 nitrogen and oxygen atoms in total.